The standard InChI is InChI=1S/C22H24N4.HI/c1-17-7-5-9-19(13-17)20-10-6-8-18(14-20)15-25-22(23-2)26-16-21-11-3-4-12-24-21;/h3-14H,15-16H2,1-2H3,(H2,23,25,26);1H. The lowest BCUT2D eigenvalue weighted by molar-refractivity contribution is 0.794. The SMILES string of the molecule is CN=C(NCc1cccc(-c2cccc(C)c2)c1)NCc1ccccn1.I. The summed E-state index contributed by atoms with van der Waals surface area (Å²) in [7, 11) is 1.77. The van der Waals surface area contributed by atoms with Crippen LogP contribution < -0.4 is 10.6 Å². The van der Waals surface area contributed by atoms with Crippen molar-refractivity contribution in [1.29, 1.82) is 0 Å². The summed E-state index contributed by atoms with van der Waals surface area (Å²) in [6.45, 7) is 3.47. The molecule has 0 bridgehead atoms. The van der Waals surface area contributed by atoms with Crippen LogP contribution in [0, 0.1) is 6.92 Å². The number of nitrogens with one attached hydrogen (secondary N) is 2. The van der Waals surface area contributed by atoms with E-state index in [4.69, 9.17) is 0 Å². The summed E-state index contributed by atoms with van der Waals surface area (Å²) in [6.07, 6.45) is 1.80. The molecule has 0 aliphatic carbocycles. The van der Waals surface area contributed by atoms with Gasteiger partial charge in [0.15, 0.2) is 5.96 Å². The monoisotopic (exact) mass is 472 g/mol. The molecule has 2 N–H and O–H groups in total. The topological polar surface area (TPSA) is 49.3 Å². The van der Waals surface area contributed by atoms with Crippen LogP contribution in [0.25, 0.3) is 11.1 Å². The van der Waals surface area contributed by atoms with Crippen LogP contribution in [0.4, 0.5) is 0 Å². The Bertz CT molecular complexity index is 878. The zero-order valence-electron chi connectivity index (χ0n) is 15.6. The van der Waals surface area contributed by atoms with E-state index in [1.807, 2.05) is 18.2 Å². The molecule has 0 aliphatic rings. The predicted octanol–water partition coefficient (Wildman–Crippen LogP) is 4.54. The average molecular weight is 472 g/mol. The van der Waals surface area contributed by atoms with E-state index in [-0.39, 0.29) is 24.0 Å². The molecule has 0 atom stereocenters. The maximum atomic E-state index is 4.31. The van der Waals surface area contributed by atoms with Crippen molar-refractivity contribution in [3.8, 4) is 11.1 Å². The average Bonchev–Trinajstić information content (AvgIpc) is 2.69. The summed E-state index contributed by atoms with van der Waals surface area (Å²) in [5.41, 5.74) is 5.93. The Kier molecular flexibility index (Phi) is 8.26. The molecule has 5 heteroatoms. The normalized spacial score (nSPS) is 10.8. The van der Waals surface area contributed by atoms with Crippen molar-refractivity contribution in [2.45, 2.75) is 20.0 Å². The van der Waals surface area contributed by atoms with Gasteiger partial charge in [-0.25, -0.2) is 0 Å². The Hall–Kier alpha value is -2.41. The third-order valence-electron chi connectivity index (χ3n) is 4.13. The smallest absolute Gasteiger partial charge is 0.191 e. The molecule has 3 aromatic rings. The Balaban J connectivity index is 0.00000261. The first-order chi connectivity index (χ1) is 12.7. The van der Waals surface area contributed by atoms with Gasteiger partial charge in [0.2, 0.25) is 0 Å². The van der Waals surface area contributed by atoms with Crippen molar-refractivity contribution in [2.24, 2.45) is 4.99 Å². The number of benzene rings is 2. The van der Waals surface area contributed by atoms with Crippen LogP contribution in [0.1, 0.15) is 16.8 Å². The summed E-state index contributed by atoms with van der Waals surface area (Å²) < 4.78 is 0. The summed E-state index contributed by atoms with van der Waals surface area (Å²) in [4.78, 5) is 8.59. The Morgan fingerprint density at radius 3 is 2.33 bits per heavy atom. The third kappa shape index (κ3) is 6.36. The third-order valence-corrected chi connectivity index (χ3v) is 4.13. The molecule has 4 nitrogen and oxygen atoms in total. The van der Waals surface area contributed by atoms with E-state index in [1.54, 1.807) is 13.2 Å². The minimum Gasteiger partial charge on any atom is -0.352 e. The van der Waals surface area contributed by atoms with E-state index >= 15 is 0 Å². The Labute approximate surface area is 178 Å². The molecular formula is C22H25IN4. The van der Waals surface area contributed by atoms with E-state index in [1.165, 1.54) is 22.3 Å². The molecular weight excluding hydrogens is 447 g/mol. The van der Waals surface area contributed by atoms with Gasteiger partial charge in [-0.05, 0) is 41.8 Å². The number of nitrogens with zero attached hydrogens (tertiary/aromatic N) is 2. The quantitative estimate of drug-likeness (QED) is 0.326. The number of guanidine groups is 1. The number of rotatable bonds is 5. The second-order valence-corrected chi connectivity index (χ2v) is 6.17. The van der Waals surface area contributed by atoms with Crippen LogP contribution in [-0.4, -0.2) is 18.0 Å². The van der Waals surface area contributed by atoms with Crippen molar-refractivity contribution in [3.05, 3.63) is 89.7 Å². The van der Waals surface area contributed by atoms with Crippen molar-refractivity contribution >= 4 is 29.9 Å². The molecule has 0 amide bonds. The van der Waals surface area contributed by atoms with Gasteiger partial charge in [-0.2, -0.15) is 0 Å². The predicted molar refractivity (Wildman–Crippen MR) is 123 cm³/mol. The van der Waals surface area contributed by atoms with Gasteiger partial charge in [-0.3, -0.25) is 9.98 Å². The highest BCUT2D eigenvalue weighted by atomic mass is 127. The largest absolute Gasteiger partial charge is 0.352 e. The fourth-order valence-corrected chi connectivity index (χ4v) is 2.77. The molecule has 1 aromatic heterocycles. The molecule has 0 saturated carbocycles. The number of hydrogen-bond acceptors (Lipinski definition) is 2. The number of aromatic nitrogens is 1. The zero-order chi connectivity index (χ0) is 18.2. The van der Waals surface area contributed by atoms with Gasteiger partial charge in [-0.1, -0.05) is 54.1 Å². The summed E-state index contributed by atoms with van der Waals surface area (Å²) >= 11 is 0. The number of hydrogen-bond donors (Lipinski definition) is 2. The van der Waals surface area contributed by atoms with Gasteiger partial charge < -0.3 is 10.6 Å². The van der Waals surface area contributed by atoms with Crippen LogP contribution in [0.3, 0.4) is 0 Å². The minimum atomic E-state index is 0. The summed E-state index contributed by atoms with van der Waals surface area (Å²) in [6, 6.07) is 23.0. The highest BCUT2D eigenvalue weighted by molar-refractivity contribution is 14.0. The number of halogens is 1. The van der Waals surface area contributed by atoms with Crippen LogP contribution >= 0.6 is 24.0 Å². The first-order valence-corrected chi connectivity index (χ1v) is 8.75. The van der Waals surface area contributed by atoms with Crippen LogP contribution in [0.15, 0.2) is 77.9 Å². The fourth-order valence-electron chi connectivity index (χ4n) is 2.77. The number of aryl methyl sites for hydroxylation is 1. The second-order valence-electron chi connectivity index (χ2n) is 6.17. The number of pyridine rings is 1. The molecule has 0 fully saturated rings. The molecule has 0 aliphatic heterocycles. The molecule has 140 valence electrons. The molecule has 0 saturated heterocycles. The van der Waals surface area contributed by atoms with E-state index in [2.05, 4.69) is 76.1 Å². The lowest BCUT2D eigenvalue weighted by Gasteiger charge is -2.12. The molecule has 2 aromatic carbocycles. The van der Waals surface area contributed by atoms with Gasteiger partial charge >= 0.3 is 0 Å². The van der Waals surface area contributed by atoms with Crippen molar-refractivity contribution < 1.29 is 0 Å². The van der Waals surface area contributed by atoms with Crippen molar-refractivity contribution in [1.82, 2.24) is 15.6 Å². The first kappa shape index (κ1) is 20.9. The minimum absolute atomic E-state index is 0. The second kappa shape index (κ2) is 10.7. The zero-order valence-corrected chi connectivity index (χ0v) is 18.0. The molecule has 0 unspecified atom stereocenters. The van der Waals surface area contributed by atoms with E-state index in [0.29, 0.717) is 13.1 Å². The first-order valence-electron chi connectivity index (χ1n) is 8.75. The van der Waals surface area contributed by atoms with Crippen molar-refractivity contribution in [2.75, 3.05) is 7.05 Å². The van der Waals surface area contributed by atoms with Gasteiger partial charge in [-0.15, -0.1) is 24.0 Å². The Morgan fingerprint density at radius 1 is 0.889 bits per heavy atom. The molecule has 27 heavy (non-hydrogen) atoms. The van der Waals surface area contributed by atoms with E-state index < -0.39 is 0 Å². The molecule has 0 spiro atoms. The maximum absolute atomic E-state index is 4.31. The molecule has 0 radical (unpaired) electrons. The Morgan fingerprint density at radius 2 is 1.63 bits per heavy atom. The van der Waals surface area contributed by atoms with E-state index in [9.17, 15) is 0 Å². The fraction of sp³-hybridized carbons (Fsp3) is 0.182. The van der Waals surface area contributed by atoms with Crippen LogP contribution in [-0.2, 0) is 13.1 Å². The molecule has 3 rings (SSSR count). The lowest BCUT2D eigenvalue weighted by Crippen LogP contribution is -2.36. The lowest BCUT2D eigenvalue weighted by atomic mass is 10.0. The van der Waals surface area contributed by atoms with Gasteiger partial charge in [0, 0.05) is 19.8 Å². The number of aliphatic imine (C=N–C) groups is 1. The van der Waals surface area contributed by atoms with E-state index in [0.717, 1.165) is 11.7 Å². The van der Waals surface area contributed by atoms with Crippen LogP contribution in [0.2, 0.25) is 0 Å². The maximum Gasteiger partial charge on any atom is 0.191 e. The highest BCUT2D eigenvalue weighted by Gasteiger charge is 2.02. The van der Waals surface area contributed by atoms with Gasteiger partial charge in [0.25, 0.3) is 0 Å². The van der Waals surface area contributed by atoms with Gasteiger partial charge in [0.05, 0.1) is 12.2 Å². The van der Waals surface area contributed by atoms with Gasteiger partial charge in [0.1, 0.15) is 0 Å². The summed E-state index contributed by atoms with van der Waals surface area (Å²) in [5, 5.41) is 6.64. The highest BCUT2D eigenvalue weighted by Crippen LogP contribution is 2.21. The molecule has 1 heterocycles. The summed E-state index contributed by atoms with van der Waals surface area (Å²) in [5.74, 6) is 0.761. The van der Waals surface area contributed by atoms with Crippen LogP contribution in [0.5, 0.6) is 0 Å². The van der Waals surface area contributed by atoms with Crippen molar-refractivity contribution in [3.63, 3.8) is 0 Å².